The van der Waals surface area contributed by atoms with Crippen molar-refractivity contribution >= 4 is 28.4 Å². The van der Waals surface area contributed by atoms with Crippen LogP contribution in [0.3, 0.4) is 0 Å². The van der Waals surface area contributed by atoms with E-state index in [1.54, 1.807) is 15.8 Å². The smallest absolute Gasteiger partial charge is 0.310 e. The number of nitro benzene ring substituents is 1. The van der Waals surface area contributed by atoms with Gasteiger partial charge in [0.1, 0.15) is 12.1 Å². The van der Waals surface area contributed by atoms with Gasteiger partial charge >= 0.3 is 5.69 Å². The van der Waals surface area contributed by atoms with Crippen molar-refractivity contribution in [3.63, 3.8) is 0 Å². The molecule has 0 unspecified atom stereocenters. The molecule has 1 amide bonds. The topological polar surface area (TPSA) is 131 Å². The van der Waals surface area contributed by atoms with E-state index in [-0.39, 0.29) is 11.5 Å². The SMILES string of the molecule is Cn1ncc2c(N3CCN(C(=O)c4ccc([N+](=O)[O-])c(O)c4)CC3)ncnc21. The van der Waals surface area contributed by atoms with Crippen molar-refractivity contribution in [2.24, 2.45) is 7.05 Å². The van der Waals surface area contributed by atoms with Gasteiger partial charge in [0.25, 0.3) is 5.91 Å². The molecule has 2 aromatic heterocycles. The van der Waals surface area contributed by atoms with Crippen molar-refractivity contribution in [2.75, 3.05) is 31.1 Å². The maximum absolute atomic E-state index is 12.7. The summed E-state index contributed by atoms with van der Waals surface area (Å²) in [6, 6.07) is 3.63. The summed E-state index contributed by atoms with van der Waals surface area (Å²) in [5.74, 6) is -0.0216. The number of hydrogen-bond donors (Lipinski definition) is 1. The van der Waals surface area contributed by atoms with Crippen LogP contribution in [-0.4, -0.2) is 66.8 Å². The van der Waals surface area contributed by atoms with Crippen LogP contribution in [0.25, 0.3) is 11.0 Å². The van der Waals surface area contributed by atoms with Crippen molar-refractivity contribution in [3.05, 3.63) is 46.4 Å². The number of aromatic hydroxyl groups is 1. The third-order valence-electron chi connectivity index (χ3n) is 4.79. The zero-order valence-corrected chi connectivity index (χ0v) is 15.0. The molecule has 3 heterocycles. The highest BCUT2D eigenvalue weighted by atomic mass is 16.6. The molecule has 0 aliphatic carbocycles. The lowest BCUT2D eigenvalue weighted by Gasteiger charge is -2.35. The molecule has 1 saturated heterocycles. The van der Waals surface area contributed by atoms with Crippen LogP contribution in [0.1, 0.15) is 10.4 Å². The summed E-state index contributed by atoms with van der Waals surface area (Å²) in [5.41, 5.74) is 0.531. The number of amides is 1. The van der Waals surface area contributed by atoms with Crippen LogP contribution >= 0.6 is 0 Å². The van der Waals surface area contributed by atoms with Crippen molar-refractivity contribution in [1.29, 1.82) is 0 Å². The summed E-state index contributed by atoms with van der Waals surface area (Å²) >= 11 is 0. The molecular formula is C17H17N7O4. The summed E-state index contributed by atoms with van der Waals surface area (Å²) in [6.07, 6.45) is 3.22. The predicted octanol–water partition coefficient (Wildman–Crippen LogP) is 0.940. The number of phenolic OH excluding ortho intramolecular Hbond substituents is 1. The molecule has 1 fully saturated rings. The normalized spacial score (nSPS) is 14.5. The predicted molar refractivity (Wildman–Crippen MR) is 99.2 cm³/mol. The second-order valence-electron chi connectivity index (χ2n) is 6.44. The van der Waals surface area contributed by atoms with Crippen LogP contribution in [0.4, 0.5) is 11.5 Å². The average Bonchev–Trinajstić information content (AvgIpc) is 3.08. The highest BCUT2D eigenvalue weighted by Gasteiger charge is 2.26. The van der Waals surface area contributed by atoms with Gasteiger partial charge < -0.3 is 14.9 Å². The molecule has 4 rings (SSSR count). The van der Waals surface area contributed by atoms with Crippen LogP contribution in [0.5, 0.6) is 5.75 Å². The van der Waals surface area contributed by atoms with Gasteiger partial charge in [0.15, 0.2) is 11.4 Å². The summed E-state index contributed by atoms with van der Waals surface area (Å²) < 4.78 is 1.68. The number of hydrogen-bond acceptors (Lipinski definition) is 8. The van der Waals surface area contributed by atoms with Gasteiger partial charge in [-0.05, 0) is 12.1 Å². The van der Waals surface area contributed by atoms with E-state index in [4.69, 9.17) is 0 Å². The zero-order chi connectivity index (χ0) is 19.8. The Balaban J connectivity index is 1.48. The van der Waals surface area contributed by atoms with E-state index in [1.807, 2.05) is 7.05 Å². The van der Waals surface area contributed by atoms with Gasteiger partial charge in [-0.2, -0.15) is 5.10 Å². The molecule has 0 atom stereocenters. The highest BCUT2D eigenvalue weighted by Crippen LogP contribution is 2.27. The number of aryl methyl sites for hydroxylation is 1. The molecule has 11 heteroatoms. The zero-order valence-electron chi connectivity index (χ0n) is 15.0. The number of phenols is 1. The van der Waals surface area contributed by atoms with Crippen LogP contribution in [0.2, 0.25) is 0 Å². The van der Waals surface area contributed by atoms with Gasteiger partial charge in [-0.25, -0.2) is 9.97 Å². The Labute approximate surface area is 159 Å². The van der Waals surface area contributed by atoms with E-state index >= 15 is 0 Å². The minimum atomic E-state index is -0.691. The fourth-order valence-corrected chi connectivity index (χ4v) is 3.32. The summed E-state index contributed by atoms with van der Waals surface area (Å²) in [5, 5.41) is 25.6. The molecule has 1 aliphatic heterocycles. The number of anilines is 1. The first kappa shape index (κ1) is 17.6. The lowest BCUT2D eigenvalue weighted by Crippen LogP contribution is -2.49. The largest absolute Gasteiger partial charge is 0.502 e. The van der Waals surface area contributed by atoms with Crippen LogP contribution in [0, 0.1) is 10.1 Å². The maximum atomic E-state index is 12.7. The Hall–Kier alpha value is -3.76. The third kappa shape index (κ3) is 2.96. The van der Waals surface area contributed by atoms with Crippen LogP contribution in [-0.2, 0) is 7.05 Å². The summed E-state index contributed by atoms with van der Waals surface area (Å²) in [7, 11) is 1.81. The van der Waals surface area contributed by atoms with E-state index in [9.17, 15) is 20.0 Å². The lowest BCUT2D eigenvalue weighted by molar-refractivity contribution is -0.385. The molecule has 1 N–H and O–H groups in total. The van der Waals surface area contributed by atoms with Gasteiger partial charge in [-0.3, -0.25) is 19.6 Å². The Bertz CT molecular complexity index is 1070. The summed E-state index contributed by atoms with van der Waals surface area (Å²) in [6.45, 7) is 2.07. The van der Waals surface area contributed by atoms with Crippen LogP contribution in [0.15, 0.2) is 30.7 Å². The number of fused-ring (bicyclic) bond motifs is 1. The first-order chi connectivity index (χ1) is 13.5. The van der Waals surface area contributed by atoms with Crippen LogP contribution < -0.4 is 4.90 Å². The van der Waals surface area contributed by atoms with Crippen molar-refractivity contribution in [1.82, 2.24) is 24.6 Å². The van der Waals surface area contributed by atoms with Gasteiger partial charge in [0, 0.05) is 44.9 Å². The minimum Gasteiger partial charge on any atom is -0.502 e. The highest BCUT2D eigenvalue weighted by molar-refractivity contribution is 5.95. The standard InChI is InChI=1S/C17H17N7O4/c1-21-15-12(9-20-21)16(19-10-18-15)22-4-6-23(7-5-22)17(26)11-2-3-13(24(27)28)14(25)8-11/h2-3,8-10,25H,4-7H2,1H3. The number of rotatable bonds is 3. The van der Waals surface area contributed by atoms with E-state index in [0.717, 1.165) is 29.0 Å². The molecule has 0 radical (unpaired) electrons. The number of piperazine rings is 1. The second kappa shape index (κ2) is 6.76. The van der Waals surface area contributed by atoms with Gasteiger partial charge in [-0.1, -0.05) is 0 Å². The number of carbonyl (C=O) groups is 1. The molecule has 28 heavy (non-hydrogen) atoms. The molecular weight excluding hydrogens is 366 g/mol. The molecule has 1 aromatic carbocycles. The first-order valence-electron chi connectivity index (χ1n) is 8.60. The van der Waals surface area contributed by atoms with E-state index in [0.29, 0.717) is 26.2 Å². The van der Waals surface area contributed by atoms with Gasteiger partial charge in [0.2, 0.25) is 0 Å². The monoisotopic (exact) mass is 383 g/mol. The molecule has 3 aromatic rings. The van der Waals surface area contributed by atoms with E-state index in [1.165, 1.54) is 12.4 Å². The van der Waals surface area contributed by atoms with Crippen molar-refractivity contribution in [2.45, 2.75) is 0 Å². The Morgan fingerprint density at radius 3 is 2.64 bits per heavy atom. The molecule has 0 bridgehead atoms. The molecule has 0 saturated carbocycles. The number of aromatic nitrogens is 4. The minimum absolute atomic E-state index is 0.216. The number of benzene rings is 1. The number of nitro groups is 1. The summed E-state index contributed by atoms with van der Waals surface area (Å²) in [4.78, 5) is 35.1. The van der Waals surface area contributed by atoms with Crippen molar-refractivity contribution < 1.29 is 14.8 Å². The quantitative estimate of drug-likeness (QED) is 0.522. The number of nitrogens with zero attached hydrogens (tertiary/aromatic N) is 7. The molecule has 1 aliphatic rings. The molecule has 144 valence electrons. The van der Waals surface area contributed by atoms with Gasteiger partial charge in [-0.15, -0.1) is 0 Å². The Morgan fingerprint density at radius 1 is 1.21 bits per heavy atom. The average molecular weight is 383 g/mol. The van der Waals surface area contributed by atoms with E-state index in [2.05, 4.69) is 20.0 Å². The van der Waals surface area contributed by atoms with E-state index < -0.39 is 16.4 Å². The fraction of sp³-hybridized carbons (Fsp3) is 0.294. The third-order valence-corrected chi connectivity index (χ3v) is 4.79. The fourth-order valence-electron chi connectivity index (χ4n) is 3.32. The second-order valence-corrected chi connectivity index (χ2v) is 6.44. The molecule has 0 spiro atoms. The number of carbonyl (C=O) groups excluding carboxylic acids is 1. The first-order valence-corrected chi connectivity index (χ1v) is 8.60. The Morgan fingerprint density at radius 2 is 1.96 bits per heavy atom. The molecule has 11 nitrogen and oxygen atoms in total. The Kier molecular flexibility index (Phi) is 4.26. The lowest BCUT2D eigenvalue weighted by atomic mass is 10.1. The maximum Gasteiger partial charge on any atom is 0.310 e. The van der Waals surface area contributed by atoms with Gasteiger partial charge in [0.05, 0.1) is 16.5 Å². The van der Waals surface area contributed by atoms with Crippen molar-refractivity contribution in [3.8, 4) is 5.75 Å².